The number of carbonyl (C=O) groups is 2. The molecule has 0 aromatic carbocycles. The molecule has 3 atom stereocenters. The van der Waals surface area contributed by atoms with Crippen LogP contribution < -0.4 is 5.32 Å². The van der Waals surface area contributed by atoms with Crippen LogP contribution >= 0.6 is 0 Å². The van der Waals surface area contributed by atoms with E-state index in [-0.39, 0.29) is 19.1 Å². The van der Waals surface area contributed by atoms with Gasteiger partial charge in [-0.15, -0.1) is 0 Å². The first-order chi connectivity index (χ1) is 8.56. The maximum atomic E-state index is 11.9. The third kappa shape index (κ3) is 4.12. The Kier molecular flexibility index (Phi) is 5.80. The highest BCUT2D eigenvalue weighted by molar-refractivity contribution is 5.85. The van der Waals surface area contributed by atoms with Crippen molar-refractivity contribution in [3.8, 4) is 0 Å². The van der Waals surface area contributed by atoms with E-state index in [1.165, 1.54) is 7.11 Å². The van der Waals surface area contributed by atoms with Crippen LogP contribution in [0.3, 0.4) is 0 Å². The van der Waals surface area contributed by atoms with Gasteiger partial charge in [-0.3, -0.25) is 9.59 Å². The highest BCUT2D eigenvalue weighted by Crippen LogP contribution is 2.25. The van der Waals surface area contributed by atoms with Crippen LogP contribution in [0.1, 0.15) is 12.8 Å². The van der Waals surface area contributed by atoms with E-state index in [1.54, 1.807) is 6.08 Å². The van der Waals surface area contributed by atoms with Crippen molar-refractivity contribution in [2.45, 2.75) is 18.9 Å². The Morgan fingerprint density at radius 1 is 1.39 bits per heavy atom. The van der Waals surface area contributed by atoms with Gasteiger partial charge in [0, 0.05) is 13.7 Å². The lowest BCUT2D eigenvalue weighted by Crippen LogP contribution is -2.42. The van der Waals surface area contributed by atoms with Gasteiger partial charge in [-0.2, -0.15) is 0 Å². The van der Waals surface area contributed by atoms with Crippen LogP contribution in [0.2, 0.25) is 0 Å². The molecule has 6 nitrogen and oxygen atoms in total. The molecule has 1 aliphatic rings. The molecule has 0 aliphatic heterocycles. The summed E-state index contributed by atoms with van der Waals surface area (Å²) < 4.78 is 4.73. The summed E-state index contributed by atoms with van der Waals surface area (Å²) in [5.74, 6) is -2.55. The Bertz CT molecular complexity index is 328. The number of carboxylic acids is 1. The smallest absolute Gasteiger partial charge is 0.307 e. The van der Waals surface area contributed by atoms with Crippen LogP contribution in [0, 0.1) is 11.8 Å². The fraction of sp³-hybridized carbons (Fsp3) is 0.667. The first-order valence-electron chi connectivity index (χ1n) is 5.88. The number of nitrogens with one attached hydrogen (secondary N) is 1. The van der Waals surface area contributed by atoms with Gasteiger partial charge >= 0.3 is 5.97 Å². The number of aliphatic hydroxyl groups is 1. The standard InChI is InChI=1S/C12H19NO5/c1-18-7-8(14)6-13-11(15)9-4-2-3-5-10(9)12(16)17/h2-3,8-10,14H,4-7H2,1H3,(H,13,15)(H,16,17). The van der Waals surface area contributed by atoms with Gasteiger partial charge in [0.25, 0.3) is 0 Å². The zero-order valence-corrected chi connectivity index (χ0v) is 10.3. The predicted octanol–water partition coefficient (Wildman–Crippen LogP) is -0.223. The summed E-state index contributed by atoms with van der Waals surface area (Å²) in [6.45, 7) is 0.201. The molecule has 3 N–H and O–H groups in total. The zero-order chi connectivity index (χ0) is 13.5. The van der Waals surface area contributed by atoms with E-state index in [9.17, 15) is 14.7 Å². The summed E-state index contributed by atoms with van der Waals surface area (Å²) in [5, 5.41) is 21.0. The van der Waals surface area contributed by atoms with Crippen molar-refractivity contribution in [3.05, 3.63) is 12.2 Å². The SMILES string of the molecule is COCC(O)CNC(=O)C1CC=CCC1C(=O)O. The second-order valence-corrected chi connectivity index (χ2v) is 4.35. The highest BCUT2D eigenvalue weighted by atomic mass is 16.5. The fourth-order valence-electron chi connectivity index (χ4n) is 1.98. The molecule has 3 unspecified atom stereocenters. The molecule has 0 heterocycles. The Hall–Kier alpha value is -1.40. The molecule has 1 amide bonds. The topological polar surface area (TPSA) is 95.9 Å². The third-order valence-electron chi connectivity index (χ3n) is 2.96. The number of carbonyl (C=O) groups excluding carboxylic acids is 1. The number of ether oxygens (including phenoxy) is 1. The Labute approximate surface area is 106 Å². The van der Waals surface area contributed by atoms with Crippen LogP contribution in [0.5, 0.6) is 0 Å². The number of aliphatic carboxylic acids is 1. The number of hydrogen-bond donors (Lipinski definition) is 3. The predicted molar refractivity (Wildman–Crippen MR) is 63.9 cm³/mol. The van der Waals surface area contributed by atoms with E-state index < -0.39 is 23.9 Å². The van der Waals surface area contributed by atoms with Crippen LogP contribution in [-0.2, 0) is 14.3 Å². The van der Waals surface area contributed by atoms with Crippen molar-refractivity contribution in [1.82, 2.24) is 5.32 Å². The van der Waals surface area contributed by atoms with Crippen molar-refractivity contribution in [1.29, 1.82) is 0 Å². The number of aliphatic hydroxyl groups excluding tert-OH is 1. The minimum atomic E-state index is -0.961. The quantitative estimate of drug-likeness (QED) is 0.572. The van der Waals surface area contributed by atoms with Crippen molar-refractivity contribution < 1.29 is 24.5 Å². The van der Waals surface area contributed by atoms with Gasteiger partial charge < -0.3 is 20.3 Å². The Morgan fingerprint density at radius 2 is 2.00 bits per heavy atom. The van der Waals surface area contributed by atoms with Crippen molar-refractivity contribution in [3.63, 3.8) is 0 Å². The molecule has 18 heavy (non-hydrogen) atoms. The summed E-state index contributed by atoms with van der Waals surface area (Å²) >= 11 is 0. The van der Waals surface area contributed by atoms with Crippen LogP contribution in [-0.4, -0.2) is 48.5 Å². The molecule has 0 fully saturated rings. The maximum Gasteiger partial charge on any atom is 0.307 e. The van der Waals surface area contributed by atoms with E-state index in [2.05, 4.69) is 5.32 Å². The number of methoxy groups -OCH3 is 1. The molecular weight excluding hydrogens is 238 g/mol. The van der Waals surface area contributed by atoms with Gasteiger partial charge in [-0.05, 0) is 12.8 Å². The summed E-state index contributed by atoms with van der Waals surface area (Å²) in [6, 6.07) is 0. The van der Waals surface area contributed by atoms with E-state index in [0.717, 1.165) is 0 Å². The van der Waals surface area contributed by atoms with Gasteiger partial charge in [-0.25, -0.2) is 0 Å². The molecule has 0 aromatic heterocycles. The second-order valence-electron chi connectivity index (χ2n) is 4.35. The molecule has 0 saturated carbocycles. The average Bonchev–Trinajstić information content (AvgIpc) is 2.36. The van der Waals surface area contributed by atoms with Crippen molar-refractivity contribution in [2.75, 3.05) is 20.3 Å². The Morgan fingerprint density at radius 3 is 2.56 bits per heavy atom. The number of hydrogen-bond acceptors (Lipinski definition) is 4. The number of allylic oxidation sites excluding steroid dienone is 2. The van der Waals surface area contributed by atoms with E-state index >= 15 is 0 Å². The average molecular weight is 257 g/mol. The van der Waals surface area contributed by atoms with E-state index in [0.29, 0.717) is 12.8 Å². The van der Waals surface area contributed by atoms with E-state index in [4.69, 9.17) is 9.84 Å². The number of carboxylic acid groups (broad SMARTS) is 1. The second kappa shape index (κ2) is 7.13. The lowest BCUT2D eigenvalue weighted by atomic mass is 9.82. The first-order valence-corrected chi connectivity index (χ1v) is 5.88. The summed E-state index contributed by atoms with van der Waals surface area (Å²) in [4.78, 5) is 22.9. The lowest BCUT2D eigenvalue weighted by Gasteiger charge is -2.24. The number of rotatable bonds is 6. The minimum Gasteiger partial charge on any atom is -0.481 e. The summed E-state index contributed by atoms with van der Waals surface area (Å²) in [7, 11) is 1.46. The first kappa shape index (κ1) is 14.7. The zero-order valence-electron chi connectivity index (χ0n) is 10.3. The molecule has 0 saturated heterocycles. The lowest BCUT2D eigenvalue weighted by molar-refractivity contribution is -0.147. The molecule has 1 rings (SSSR count). The molecule has 0 spiro atoms. The normalized spacial score (nSPS) is 24.6. The van der Waals surface area contributed by atoms with Crippen LogP contribution in [0.15, 0.2) is 12.2 Å². The van der Waals surface area contributed by atoms with Gasteiger partial charge in [0.2, 0.25) is 5.91 Å². The third-order valence-corrected chi connectivity index (χ3v) is 2.96. The van der Waals surface area contributed by atoms with Crippen LogP contribution in [0.4, 0.5) is 0 Å². The van der Waals surface area contributed by atoms with Gasteiger partial charge in [0.15, 0.2) is 0 Å². The molecule has 0 bridgehead atoms. The fourth-order valence-corrected chi connectivity index (χ4v) is 1.98. The van der Waals surface area contributed by atoms with Gasteiger partial charge in [-0.1, -0.05) is 12.2 Å². The number of amides is 1. The molecular formula is C12H19NO5. The van der Waals surface area contributed by atoms with Gasteiger partial charge in [0.05, 0.1) is 24.5 Å². The molecule has 0 aromatic rings. The minimum absolute atomic E-state index is 0.0687. The molecule has 102 valence electrons. The van der Waals surface area contributed by atoms with Crippen molar-refractivity contribution in [2.24, 2.45) is 11.8 Å². The Balaban J connectivity index is 2.49. The van der Waals surface area contributed by atoms with Crippen molar-refractivity contribution >= 4 is 11.9 Å². The molecule has 0 radical (unpaired) electrons. The largest absolute Gasteiger partial charge is 0.481 e. The summed E-state index contributed by atoms with van der Waals surface area (Å²) in [5.41, 5.74) is 0. The monoisotopic (exact) mass is 257 g/mol. The molecule has 1 aliphatic carbocycles. The maximum absolute atomic E-state index is 11.9. The highest BCUT2D eigenvalue weighted by Gasteiger charge is 2.33. The van der Waals surface area contributed by atoms with Crippen LogP contribution in [0.25, 0.3) is 0 Å². The van der Waals surface area contributed by atoms with Gasteiger partial charge in [0.1, 0.15) is 0 Å². The summed E-state index contributed by atoms with van der Waals surface area (Å²) in [6.07, 6.45) is 3.61. The van der Waals surface area contributed by atoms with E-state index in [1.807, 2.05) is 6.08 Å². The molecule has 6 heteroatoms.